The minimum atomic E-state index is -2.59. The number of halogens is 1. The second-order valence-electron chi connectivity index (χ2n) is 16.4. The van der Waals surface area contributed by atoms with E-state index in [2.05, 4.69) is 137 Å². The summed E-state index contributed by atoms with van der Waals surface area (Å²) >= 11 is 4.35. The van der Waals surface area contributed by atoms with Crippen LogP contribution in [0.1, 0.15) is 84.7 Å². The summed E-state index contributed by atoms with van der Waals surface area (Å²) in [4.78, 5) is 14.9. The Labute approximate surface area is 420 Å². The van der Waals surface area contributed by atoms with Crippen LogP contribution in [-0.4, -0.2) is 59.5 Å². The normalized spacial score (nSPS) is 11.6. The van der Waals surface area contributed by atoms with Crippen LogP contribution < -0.4 is 91.7 Å². The molecule has 5 aromatic rings. The molecule has 326 valence electrons. The first-order chi connectivity index (χ1) is 28.4. The minimum absolute atomic E-state index is 0. The summed E-state index contributed by atoms with van der Waals surface area (Å²) in [5.41, 5.74) is 3.93. The van der Waals surface area contributed by atoms with Gasteiger partial charge in [0.15, 0.2) is 6.29 Å². The van der Waals surface area contributed by atoms with E-state index < -0.39 is 5.31 Å². The van der Waals surface area contributed by atoms with Gasteiger partial charge in [-0.2, -0.15) is 0 Å². The van der Waals surface area contributed by atoms with Crippen LogP contribution in [0.15, 0.2) is 133 Å². The molecule has 0 unspecified atom stereocenters. The Morgan fingerprint density at radius 1 is 0.656 bits per heavy atom. The third-order valence-corrected chi connectivity index (χ3v) is 20.5. The van der Waals surface area contributed by atoms with Crippen LogP contribution in [0.2, 0.25) is 0 Å². The number of ether oxygens (including phenoxy) is 2. The molecule has 6 nitrogen and oxygen atoms in total. The van der Waals surface area contributed by atoms with Crippen LogP contribution in [-0.2, 0) is 0 Å². The average Bonchev–Trinajstić information content (AvgIpc) is 3.25. The molecule has 0 aromatic heterocycles. The molecule has 0 heterocycles. The Balaban J connectivity index is 0.000000429. The van der Waals surface area contributed by atoms with Gasteiger partial charge in [-0.15, -0.1) is 6.61 Å². The fourth-order valence-corrected chi connectivity index (χ4v) is 12.6. The van der Waals surface area contributed by atoms with Crippen molar-refractivity contribution in [2.75, 3.05) is 50.8 Å². The first kappa shape index (κ1) is 56.2. The second-order valence-corrected chi connectivity index (χ2v) is 25.6. The van der Waals surface area contributed by atoms with Crippen molar-refractivity contribution in [1.82, 2.24) is 0 Å². The maximum Gasteiger partial charge on any atom is 1.00 e. The van der Waals surface area contributed by atoms with Gasteiger partial charge in [0.25, 0.3) is 0 Å². The van der Waals surface area contributed by atoms with Gasteiger partial charge < -0.3 is 24.4 Å². The number of aldehydes is 1. The number of hydrogen-bond donors (Lipinski definition) is 0. The Morgan fingerprint density at radius 3 is 1.28 bits per heavy atom. The van der Waals surface area contributed by atoms with Gasteiger partial charge in [-0.3, -0.25) is 4.79 Å². The fraction of sp³-hybridized carbons (Fsp3) is 0.365. The maximum atomic E-state index is 10.9. The Kier molecular flexibility index (Phi) is 25.3. The quantitative estimate of drug-likeness (QED) is 0.0633. The average molecular weight is 938 g/mol. The summed E-state index contributed by atoms with van der Waals surface area (Å²) in [5.74, 6) is 1.59. The molecular formula is C52H71BrKN2O4P. The van der Waals surface area contributed by atoms with Crippen LogP contribution in [0.4, 0.5) is 11.4 Å². The van der Waals surface area contributed by atoms with Crippen molar-refractivity contribution < 1.29 is 70.8 Å². The van der Waals surface area contributed by atoms with Gasteiger partial charge in [-0.25, -0.2) is 0 Å². The summed E-state index contributed by atoms with van der Waals surface area (Å²) in [7, 11) is 7.95. The summed E-state index contributed by atoms with van der Waals surface area (Å²) in [6, 6.07) is 44.5. The zero-order valence-corrected chi connectivity index (χ0v) is 45.1. The number of nitrogens with zero attached hydrogens (tertiary/aromatic N) is 2. The minimum Gasteiger partial charge on any atom is 1.00 e. The van der Waals surface area contributed by atoms with E-state index in [1.165, 1.54) is 21.6 Å². The number of benzene rings is 5. The van der Waals surface area contributed by atoms with Gasteiger partial charge in [0, 0.05) is 45.1 Å². The predicted octanol–water partition coefficient (Wildman–Crippen LogP) is 8.56. The van der Waals surface area contributed by atoms with Gasteiger partial charge in [0.1, 0.15) is 11.5 Å². The fourth-order valence-electron chi connectivity index (χ4n) is 6.07. The molecule has 0 saturated carbocycles. The maximum absolute atomic E-state index is 10.9. The van der Waals surface area contributed by atoms with Gasteiger partial charge in [-0.05, 0) is 71.0 Å². The largest absolute Gasteiger partial charge is 1.00 e. The molecular weight excluding hydrogens is 867 g/mol. The zero-order valence-electron chi connectivity index (χ0n) is 39.5. The van der Waals surface area contributed by atoms with E-state index in [4.69, 9.17) is 9.47 Å². The predicted molar refractivity (Wildman–Crippen MR) is 267 cm³/mol. The van der Waals surface area contributed by atoms with E-state index in [1.807, 2.05) is 119 Å². The number of anilines is 2. The van der Waals surface area contributed by atoms with Crippen LogP contribution >= 0.6 is 20.8 Å². The molecule has 0 spiro atoms. The Morgan fingerprint density at radius 2 is 1.02 bits per heavy atom. The molecule has 0 saturated heterocycles. The van der Waals surface area contributed by atoms with E-state index >= 15 is 0 Å². The summed E-state index contributed by atoms with van der Waals surface area (Å²) in [6.45, 7) is 18.3. The molecule has 0 N–H and O–H groups in total. The standard InChI is InChI=1S/C20H20BrP.C14H21NO.C12H17NO2.C6H13O.K/c1-2-22(21,18-12-6-3-7-13-18,19-14-8-4-9-15-19)20-16-10-5-11-17-20;1-6-7-12-10-13(15(4)5)8-9-14(12)16-11(2)3;1-9(2)15-12-6-5-11(13(3)4)7-10(12)8-14;1-4-6(2,3)5-7;/h3-17H,2H2,1H3;6-11H,1-5H3;5-9H,1-4H3;4-5H2,1-3H3;/q;;;-1;+1. The van der Waals surface area contributed by atoms with Gasteiger partial charge in [0.05, 0.1) is 17.8 Å². The van der Waals surface area contributed by atoms with Gasteiger partial charge in [-0.1, -0.05) is 44.8 Å². The molecule has 0 aliphatic rings. The van der Waals surface area contributed by atoms with Crippen molar-refractivity contribution in [3.05, 3.63) is 145 Å². The topological polar surface area (TPSA) is 65.1 Å². The van der Waals surface area contributed by atoms with Crippen molar-refractivity contribution in [3.8, 4) is 11.5 Å². The Bertz CT molecular complexity index is 1920. The van der Waals surface area contributed by atoms with Gasteiger partial charge in [0.2, 0.25) is 0 Å². The van der Waals surface area contributed by atoms with Crippen molar-refractivity contribution in [3.63, 3.8) is 0 Å². The molecule has 0 bridgehead atoms. The molecule has 5 aromatic carbocycles. The molecule has 0 aliphatic heterocycles. The number of rotatable bonds is 14. The SMILES string of the molecule is CC(C)Oc1ccc(N(C)C)cc1C=O.CC=Cc1cc(N(C)C)ccc1OC(C)C.CCC(C)(C)C[O-].CCP(Br)(c1ccccc1)(c1ccccc1)c1ccccc1.[K+]. The molecule has 0 fully saturated rings. The molecule has 0 radical (unpaired) electrons. The zero-order chi connectivity index (χ0) is 45.0. The second kappa shape index (κ2) is 27.4. The molecule has 61 heavy (non-hydrogen) atoms. The molecule has 0 atom stereocenters. The van der Waals surface area contributed by atoms with Gasteiger partial charge >= 0.3 is 192 Å². The molecule has 0 amide bonds. The van der Waals surface area contributed by atoms with Crippen LogP contribution in [0, 0.1) is 5.41 Å². The Hall–Kier alpha value is -2.78. The van der Waals surface area contributed by atoms with Crippen LogP contribution in [0.3, 0.4) is 0 Å². The number of hydrogen-bond acceptors (Lipinski definition) is 6. The molecule has 9 heteroatoms. The van der Waals surface area contributed by atoms with Crippen molar-refractivity contribution in [1.29, 1.82) is 0 Å². The number of carbonyl (C=O) groups is 1. The number of allylic oxidation sites excluding steroid dienone is 1. The van der Waals surface area contributed by atoms with Crippen molar-refractivity contribution >= 4 is 60.4 Å². The van der Waals surface area contributed by atoms with Crippen LogP contribution in [0.5, 0.6) is 11.5 Å². The third-order valence-electron chi connectivity index (χ3n) is 10.0. The summed E-state index contributed by atoms with van der Waals surface area (Å²) < 4.78 is 11.3. The smallest absolute Gasteiger partial charge is 1.00 e. The monoisotopic (exact) mass is 936 g/mol. The first-order valence-corrected chi connectivity index (χ1v) is 25.4. The van der Waals surface area contributed by atoms with Crippen LogP contribution in [0.25, 0.3) is 6.08 Å². The first-order valence-electron chi connectivity index (χ1n) is 20.9. The summed E-state index contributed by atoms with van der Waals surface area (Å²) in [5, 5.41) is 11.7. The van der Waals surface area contributed by atoms with E-state index in [-0.39, 0.29) is 75.6 Å². The van der Waals surface area contributed by atoms with Crippen molar-refractivity contribution in [2.24, 2.45) is 5.41 Å². The van der Waals surface area contributed by atoms with Crippen molar-refractivity contribution in [2.45, 2.75) is 80.9 Å². The number of carbonyl (C=O) groups excluding carboxylic acids is 1. The molecule has 0 aliphatic carbocycles. The van der Waals surface area contributed by atoms with E-state index in [1.54, 1.807) is 0 Å². The van der Waals surface area contributed by atoms with E-state index in [9.17, 15) is 9.90 Å². The third kappa shape index (κ3) is 16.7. The van der Waals surface area contributed by atoms with E-state index in [0.29, 0.717) is 11.3 Å². The van der Waals surface area contributed by atoms with E-state index in [0.717, 1.165) is 35.9 Å². The summed E-state index contributed by atoms with van der Waals surface area (Å²) in [6.07, 6.45) is 7.24. The molecule has 5 rings (SSSR count).